The van der Waals surface area contributed by atoms with Crippen molar-refractivity contribution >= 4 is 12.0 Å². The molecule has 0 saturated carbocycles. The number of furan rings is 1. The van der Waals surface area contributed by atoms with Crippen LogP contribution in [0.3, 0.4) is 0 Å². The Morgan fingerprint density at radius 2 is 2.14 bits per heavy atom. The maximum Gasteiger partial charge on any atom is 0.371 e. The Bertz CT molecular complexity index is 646. The van der Waals surface area contributed by atoms with Crippen molar-refractivity contribution in [3.05, 3.63) is 41.5 Å². The van der Waals surface area contributed by atoms with Gasteiger partial charge in [0.15, 0.2) is 0 Å². The zero-order chi connectivity index (χ0) is 15.4. The van der Waals surface area contributed by atoms with Crippen LogP contribution in [0.25, 0.3) is 0 Å². The Kier molecular flexibility index (Phi) is 4.27. The van der Waals surface area contributed by atoms with E-state index in [0.29, 0.717) is 17.4 Å². The highest BCUT2D eigenvalue weighted by atomic mass is 16.4. The molecule has 0 spiro atoms. The summed E-state index contributed by atoms with van der Waals surface area (Å²) in [6.07, 6.45) is 1.57. The average Bonchev–Trinajstić information content (AvgIpc) is 3.05. The van der Waals surface area contributed by atoms with Crippen molar-refractivity contribution in [1.29, 1.82) is 0 Å². The minimum Gasteiger partial charge on any atom is -0.475 e. The van der Waals surface area contributed by atoms with E-state index in [4.69, 9.17) is 13.9 Å². The van der Waals surface area contributed by atoms with Crippen LogP contribution < -0.4 is 10.6 Å². The number of carboxylic acid groups (broad SMARTS) is 1. The van der Waals surface area contributed by atoms with E-state index in [1.807, 2.05) is 0 Å². The van der Waals surface area contributed by atoms with Gasteiger partial charge in [0.1, 0.15) is 17.6 Å². The number of oxazole rings is 1. The molecule has 0 saturated heterocycles. The summed E-state index contributed by atoms with van der Waals surface area (Å²) in [6.45, 7) is 3.58. The molecule has 8 nitrogen and oxygen atoms in total. The van der Waals surface area contributed by atoms with Gasteiger partial charge < -0.3 is 24.6 Å². The Morgan fingerprint density at radius 1 is 1.38 bits per heavy atom. The summed E-state index contributed by atoms with van der Waals surface area (Å²) in [6, 6.07) is 2.00. The van der Waals surface area contributed by atoms with Crippen LogP contribution >= 0.6 is 0 Å². The predicted octanol–water partition coefficient (Wildman–Crippen LogP) is 1.83. The number of nitrogens with one attached hydrogen (secondary N) is 2. The van der Waals surface area contributed by atoms with E-state index < -0.39 is 12.0 Å². The minimum absolute atomic E-state index is 0.0798. The van der Waals surface area contributed by atoms with Crippen LogP contribution in [0.1, 0.15) is 40.9 Å². The highest BCUT2D eigenvalue weighted by Crippen LogP contribution is 2.11. The number of aromatic nitrogens is 1. The van der Waals surface area contributed by atoms with Gasteiger partial charge in [0.05, 0.1) is 12.7 Å². The molecule has 112 valence electrons. The molecule has 2 rings (SSSR count). The standard InChI is InChI=1S/C13H15N3O5/c1-7-5-14-11(20-7)8(2)16-13(19)15-6-9-3-4-10(21-9)12(17)18/h3-5,8H,6H2,1-2H3,(H,17,18)(H2,15,16,19). The van der Waals surface area contributed by atoms with Gasteiger partial charge in [0.25, 0.3) is 0 Å². The topological polar surface area (TPSA) is 118 Å². The molecule has 0 aliphatic heterocycles. The summed E-state index contributed by atoms with van der Waals surface area (Å²) in [5.74, 6) is 0.0984. The first-order valence-corrected chi connectivity index (χ1v) is 6.24. The fourth-order valence-electron chi connectivity index (χ4n) is 1.64. The first kappa shape index (κ1) is 14.6. The second-order valence-corrected chi connectivity index (χ2v) is 4.43. The number of hydrogen-bond donors (Lipinski definition) is 3. The van der Waals surface area contributed by atoms with Crippen molar-refractivity contribution in [1.82, 2.24) is 15.6 Å². The molecule has 2 amide bonds. The van der Waals surface area contributed by atoms with Gasteiger partial charge in [-0.15, -0.1) is 0 Å². The normalized spacial score (nSPS) is 11.9. The molecule has 21 heavy (non-hydrogen) atoms. The molecule has 0 radical (unpaired) electrons. The molecule has 3 N–H and O–H groups in total. The largest absolute Gasteiger partial charge is 0.475 e. The van der Waals surface area contributed by atoms with Crippen molar-refractivity contribution in [2.75, 3.05) is 0 Å². The van der Waals surface area contributed by atoms with Gasteiger partial charge in [0.2, 0.25) is 11.7 Å². The van der Waals surface area contributed by atoms with Crippen LogP contribution in [-0.4, -0.2) is 22.1 Å². The number of aryl methyl sites for hydroxylation is 1. The molecule has 0 aliphatic carbocycles. The molecule has 2 aromatic rings. The van der Waals surface area contributed by atoms with Crippen molar-refractivity contribution in [2.45, 2.75) is 26.4 Å². The maximum absolute atomic E-state index is 11.7. The first-order chi connectivity index (χ1) is 9.95. The van der Waals surface area contributed by atoms with Crippen molar-refractivity contribution in [2.24, 2.45) is 0 Å². The summed E-state index contributed by atoms with van der Waals surface area (Å²) >= 11 is 0. The number of urea groups is 1. The van der Waals surface area contributed by atoms with Crippen molar-refractivity contribution < 1.29 is 23.5 Å². The highest BCUT2D eigenvalue weighted by molar-refractivity contribution is 5.84. The lowest BCUT2D eigenvalue weighted by Crippen LogP contribution is -2.36. The Balaban J connectivity index is 1.82. The number of aromatic carboxylic acids is 1. The van der Waals surface area contributed by atoms with Crippen molar-refractivity contribution in [3.63, 3.8) is 0 Å². The first-order valence-electron chi connectivity index (χ1n) is 6.24. The van der Waals surface area contributed by atoms with Gasteiger partial charge in [-0.3, -0.25) is 0 Å². The Morgan fingerprint density at radius 3 is 2.71 bits per heavy atom. The van der Waals surface area contributed by atoms with Crippen molar-refractivity contribution in [3.8, 4) is 0 Å². The third-order valence-corrected chi connectivity index (χ3v) is 2.65. The number of carbonyl (C=O) groups excluding carboxylic acids is 1. The van der Waals surface area contributed by atoms with E-state index in [9.17, 15) is 9.59 Å². The van der Waals surface area contributed by atoms with Gasteiger partial charge >= 0.3 is 12.0 Å². The third kappa shape index (κ3) is 3.85. The molecular formula is C13H15N3O5. The zero-order valence-corrected chi connectivity index (χ0v) is 11.5. The van der Waals surface area contributed by atoms with E-state index in [2.05, 4.69) is 15.6 Å². The van der Waals surface area contributed by atoms with Gasteiger partial charge in [0, 0.05) is 0 Å². The Hall–Kier alpha value is -2.77. The smallest absolute Gasteiger partial charge is 0.371 e. The maximum atomic E-state index is 11.7. The quantitative estimate of drug-likeness (QED) is 0.774. The SMILES string of the molecule is Cc1cnc(C(C)NC(=O)NCc2ccc(C(=O)O)o2)o1. The van der Waals surface area contributed by atoms with Gasteiger partial charge in [-0.1, -0.05) is 0 Å². The second kappa shape index (κ2) is 6.12. The lowest BCUT2D eigenvalue weighted by Gasteiger charge is -2.10. The summed E-state index contributed by atoms with van der Waals surface area (Å²) in [4.78, 5) is 26.4. The number of hydrogen-bond acceptors (Lipinski definition) is 5. The van der Waals surface area contributed by atoms with Crippen LogP contribution in [-0.2, 0) is 6.54 Å². The molecule has 8 heteroatoms. The number of carboxylic acids is 1. The summed E-state index contributed by atoms with van der Waals surface area (Å²) < 4.78 is 10.3. The van der Waals surface area contributed by atoms with E-state index >= 15 is 0 Å². The predicted molar refractivity (Wildman–Crippen MR) is 70.7 cm³/mol. The highest BCUT2D eigenvalue weighted by Gasteiger charge is 2.15. The van der Waals surface area contributed by atoms with E-state index in [1.165, 1.54) is 12.1 Å². The van der Waals surface area contributed by atoms with E-state index in [1.54, 1.807) is 20.0 Å². The molecule has 0 aliphatic rings. The molecule has 1 unspecified atom stereocenters. The van der Waals surface area contributed by atoms with Gasteiger partial charge in [-0.05, 0) is 26.0 Å². The molecule has 0 bridgehead atoms. The zero-order valence-electron chi connectivity index (χ0n) is 11.5. The van der Waals surface area contributed by atoms with Gasteiger partial charge in [-0.25, -0.2) is 14.6 Å². The molecule has 0 aromatic carbocycles. The van der Waals surface area contributed by atoms with Gasteiger partial charge in [-0.2, -0.15) is 0 Å². The summed E-state index contributed by atoms with van der Waals surface area (Å²) in [5, 5.41) is 13.9. The summed E-state index contributed by atoms with van der Waals surface area (Å²) in [5.41, 5.74) is 0. The molecule has 0 fully saturated rings. The van der Waals surface area contributed by atoms with E-state index in [-0.39, 0.29) is 18.3 Å². The molecular weight excluding hydrogens is 278 g/mol. The van der Waals surface area contributed by atoms with Crippen LogP contribution in [0.2, 0.25) is 0 Å². The molecule has 2 aromatic heterocycles. The number of carbonyl (C=O) groups is 2. The lowest BCUT2D eigenvalue weighted by molar-refractivity contribution is 0.0660. The third-order valence-electron chi connectivity index (χ3n) is 2.65. The average molecular weight is 293 g/mol. The fourth-order valence-corrected chi connectivity index (χ4v) is 1.64. The molecule has 1 atom stereocenters. The van der Waals surface area contributed by atoms with Crippen LogP contribution in [0, 0.1) is 6.92 Å². The monoisotopic (exact) mass is 293 g/mol. The van der Waals surface area contributed by atoms with Crippen LogP contribution in [0.4, 0.5) is 4.79 Å². The lowest BCUT2D eigenvalue weighted by atomic mass is 10.3. The fraction of sp³-hybridized carbons (Fsp3) is 0.308. The summed E-state index contributed by atoms with van der Waals surface area (Å²) in [7, 11) is 0. The number of amides is 2. The second-order valence-electron chi connectivity index (χ2n) is 4.43. The number of nitrogens with zero attached hydrogens (tertiary/aromatic N) is 1. The van der Waals surface area contributed by atoms with Crippen LogP contribution in [0.5, 0.6) is 0 Å². The van der Waals surface area contributed by atoms with Crippen LogP contribution in [0.15, 0.2) is 27.2 Å². The molecule has 2 heterocycles. The van der Waals surface area contributed by atoms with E-state index in [0.717, 1.165) is 0 Å². The number of rotatable bonds is 5. The Labute approximate surface area is 120 Å². The minimum atomic E-state index is -1.15.